The van der Waals surface area contributed by atoms with Crippen LogP contribution in [0.25, 0.3) is 10.9 Å². The standard InChI is InChI=1S/C20H22FN3O2/c1-4-5-18(15-8-9-23-11-17(15)21)24-12-13(2)16-10-14(6-7-19(16)24)26-20(25)22-3/h6-12,18H,4-5H2,1-3H3,(H,22,25). The van der Waals surface area contributed by atoms with Crippen LogP contribution in [0.5, 0.6) is 5.75 Å². The number of benzene rings is 1. The van der Waals surface area contributed by atoms with Crippen LogP contribution in [0, 0.1) is 12.7 Å². The summed E-state index contributed by atoms with van der Waals surface area (Å²) in [5.74, 6) is 0.171. The van der Waals surface area contributed by atoms with Crippen molar-refractivity contribution in [2.45, 2.75) is 32.7 Å². The molecule has 3 rings (SSSR count). The van der Waals surface area contributed by atoms with E-state index in [1.165, 1.54) is 13.2 Å². The zero-order valence-electron chi connectivity index (χ0n) is 15.1. The Bertz CT molecular complexity index is 936. The molecule has 1 unspecified atom stereocenters. The number of carbonyl (C=O) groups excluding carboxylic acids is 1. The summed E-state index contributed by atoms with van der Waals surface area (Å²) in [6, 6.07) is 7.11. The Kier molecular flexibility index (Phi) is 5.21. The summed E-state index contributed by atoms with van der Waals surface area (Å²) in [4.78, 5) is 15.3. The fraction of sp³-hybridized carbons (Fsp3) is 0.300. The lowest BCUT2D eigenvalue weighted by atomic mass is 10.0. The Morgan fingerprint density at radius 1 is 1.38 bits per heavy atom. The first kappa shape index (κ1) is 17.9. The van der Waals surface area contributed by atoms with Crippen molar-refractivity contribution in [2.24, 2.45) is 0 Å². The van der Waals surface area contributed by atoms with Crippen molar-refractivity contribution in [2.75, 3.05) is 7.05 Å². The van der Waals surface area contributed by atoms with Crippen LogP contribution in [0.15, 0.2) is 42.9 Å². The van der Waals surface area contributed by atoms with E-state index in [4.69, 9.17) is 4.74 Å². The van der Waals surface area contributed by atoms with Crippen molar-refractivity contribution < 1.29 is 13.9 Å². The van der Waals surface area contributed by atoms with Crippen molar-refractivity contribution in [3.8, 4) is 5.75 Å². The molecular weight excluding hydrogens is 333 g/mol. The van der Waals surface area contributed by atoms with E-state index in [0.717, 1.165) is 29.3 Å². The summed E-state index contributed by atoms with van der Waals surface area (Å²) < 4.78 is 21.7. The van der Waals surface area contributed by atoms with Crippen LogP contribution in [0.4, 0.5) is 9.18 Å². The Morgan fingerprint density at radius 2 is 2.19 bits per heavy atom. The molecule has 1 aromatic carbocycles. The smallest absolute Gasteiger partial charge is 0.410 e. The summed E-state index contributed by atoms with van der Waals surface area (Å²) in [6.45, 7) is 4.08. The van der Waals surface area contributed by atoms with Crippen LogP contribution in [-0.4, -0.2) is 22.7 Å². The van der Waals surface area contributed by atoms with Gasteiger partial charge in [0.05, 0.1) is 12.2 Å². The highest BCUT2D eigenvalue weighted by molar-refractivity contribution is 5.86. The number of aromatic nitrogens is 2. The Morgan fingerprint density at radius 3 is 2.88 bits per heavy atom. The number of ether oxygens (including phenoxy) is 1. The molecule has 2 heterocycles. The first-order valence-corrected chi connectivity index (χ1v) is 8.65. The predicted octanol–water partition coefficient (Wildman–Crippen LogP) is 4.59. The molecule has 1 amide bonds. The summed E-state index contributed by atoms with van der Waals surface area (Å²) in [5, 5.41) is 3.40. The molecule has 6 heteroatoms. The first-order chi connectivity index (χ1) is 12.5. The molecule has 0 fully saturated rings. The molecule has 2 aromatic heterocycles. The van der Waals surface area contributed by atoms with Gasteiger partial charge in [-0.1, -0.05) is 13.3 Å². The monoisotopic (exact) mass is 355 g/mol. The minimum Gasteiger partial charge on any atom is -0.410 e. The summed E-state index contributed by atoms with van der Waals surface area (Å²) in [5.41, 5.74) is 2.64. The number of pyridine rings is 1. The van der Waals surface area contributed by atoms with Gasteiger partial charge in [-0.25, -0.2) is 9.18 Å². The van der Waals surface area contributed by atoms with E-state index >= 15 is 0 Å². The SMILES string of the molecule is CCCC(c1ccncc1F)n1cc(C)c2cc(OC(=O)NC)ccc21. The maximum atomic E-state index is 14.4. The van der Waals surface area contributed by atoms with E-state index in [-0.39, 0.29) is 11.9 Å². The van der Waals surface area contributed by atoms with Gasteiger partial charge < -0.3 is 14.6 Å². The second-order valence-electron chi connectivity index (χ2n) is 6.24. The number of halogens is 1. The number of aryl methyl sites for hydroxylation is 1. The molecule has 136 valence electrons. The van der Waals surface area contributed by atoms with Gasteiger partial charge in [-0.3, -0.25) is 4.98 Å². The number of nitrogens with one attached hydrogen (secondary N) is 1. The molecule has 0 aliphatic rings. The average molecular weight is 355 g/mol. The van der Waals surface area contributed by atoms with Gasteiger partial charge in [0.1, 0.15) is 11.6 Å². The highest BCUT2D eigenvalue weighted by Gasteiger charge is 2.20. The van der Waals surface area contributed by atoms with Gasteiger partial charge in [0, 0.05) is 35.9 Å². The molecule has 1 atom stereocenters. The number of fused-ring (bicyclic) bond motifs is 1. The zero-order valence-corrected chi connectivity index (χ0v) is 15.1. The van der Waals surface area contributed by atoms with E-state index in [9.17, 15) is 9.18 Å². The minimum absolute atomic E-state index is 0.120. The molecule has 5 nitrogen and oxygen atoms in total. The molecule has 26 heavy (non-hydrogen) atoms. The molecule has 1 N–H and O–H groups in total. The summed E-state index contributed by atoms with van der Waals surface area (Å²) in [6.07, 6.45) is 6.11. The zero-order chi connectivity index (χ0) is 18.7. The number of nitrogens with zero attached hydrogens (tertiary/aromatic N) is 2. The first-order valence-electron chi connectivity index (χ1n) is 8.65. The topological polar surface area (TPSA) is 56.2 Å². The van der Waals surface area contributed by atoms with Gasteiger partial charge in [0.2, 0.25) is 0 Å². The van der Waals surface area contributed by atoms with Crippen molar-refractivity contribution in [1.29, 1.82) is 0 Å². The predicted molar refractivity (Wildman–Crippen MR) is 99.0 cm³/mol. The maximum absolute atomic E-state index is 14.4. The number of carbonyl (C=O) groups is 1. The molecule has 0 spiro atoms. The second-order valence-corrected chi connectivity index (χ2v) is 6.24. The Hall–Kier alpha value is -2.89. The lowest BCUT2D eigenvalue weighted by molar-refractivity contribution is 0.203. The van der Waals surface area contributed by atoms with Gasteiger partial charge in [-0.05, 0) is 43.2 Å². The molecule has 3 aromatic rings. The van der Waals surface area contributed by atoms with Crippen molar-refractivity contribution >= 4 is 17.0 Å². The van der Waals surface area contributed by atoms with Gasteiger partial charge in [0.15, 0.2) is 0 Å². The van der Waals surface area contributed by atoms with Crippen LogP contribution in [-0.2, 0) is 0 Å². The van der Waals surface area contributed by atoms with Gasteiger partial charge in [-0.15, -0.1) is 0 Å². The fourth-order valence-electron chi connectivity index (χ4n) is 3.26. The number of hydrogen-bond acceptors (Lipinski definition) is 3. The van der Waals surface area contributed by atoms with Crippen molar-refractivity contribution in [3.05, 3.63) is 59.8 Å². The fourth-order valence-corrected chi connectivity index (χ4v) is 3.26. The highest BCUT2D eigenvalue weighted by Crippen LogP contribution is 2.33. The van der Waals surface area contributed by atoms with Crippen LogP contribution < -0.4 is 10.1 Å². The van der Waals surface area contributed by atoms with Gasteiger partial charge in [0.25, 0.3) is 0 Å². The number of rotatable bonds is 5. The third kappa shape index (κ3) is 3.40. The summed E-state index contributed by atoms with van der Waals surface area (Å²) in [7, 11) is 1.52. The third-order valence-corrected chi connectivity index (χ3v) is 4.48. The van der Waals surface area contributed by atoms with E-state index in [1.807, 2.05) is 25.3 Å². The molecule has 0 aliphatic carbocycles. The van der Waals surface area contributed by atoms with Gasteiger partial charge >= 0.3 is 6.09 Å². The average Bonchev–Trinajstić information content (AvgIpc) is 2.96. The van der Waals surface area contributed by atoms with Crippen molar-refractivity contribution in [3.63, 3.8) is 0 Å². The van der Waals surface area contributed by atoms with Crippen LogP contribution in [0.2, 0.25) is 0 Å². The van der Waals surface area contributed by atoms with E-state index in [2.05, 4.69) is 21.8 Å². The van der Waals surface area contributed by atoms with E-state index in [0.29, 0.717) is 11.3 Å². The summed E-state index contributed by atoms with van der Waals surface area (Å²) >= 11 is 0. The molecular formula is C20H22FN3O2. The molecule has 0 bridgehead atoms. The van der Waals surface area contributed by atoms with Gasteiger partial charge in [-0.2, -0.15) is 0 Å². The highest BCUT2D eigenvalue weighted by atomic mass is 19.1. The Labute approximate surface area is 151 Å². The molecule has 0 saturated carbocycles. The second kappa shape index (κ2) is 7.56. The van der Waals surface area contributed by atoms with Crippen LogP contribution in [0.1, 0.15) is 36.9 Å². The largest absolute Gasteiger partial charge is 0.412 e. The molecule has 0 radical (unpaired) electrons. The minimum atomic E-state index is -0.510. The van der Waals surface area contributed by atoms with E-state index < -0.39 is 6.09 Å². The molecule has 0 saturated heterocycles. The Balaban J connectivity index is 2.08. The van der Waals surface area contributed by atoms with Crippen LogP contribution >= 0.6 is 0 Å². The maximum Gasteiger partial charge on any atom is 0.412 e. The number of hydrogen-bond donors (Lipinski definition) is 1. The van der Waals surface area contributed by atoms with Crippen molar-refractivity contribution in [1.82, 2.24) is 14.9 Å². The lowest BCUT2D eigenvalue weighted by Gasteiger charge is -2.20. The normalized spacial score (nSPS) is 12.2. The molecule has 0 aliphatic heterocycles. The lowest BCUT2D eigenvalue weighted by Crippen LogP contribution is -2.21. The third-order valence-electron chi connectivity index (χ3n) is 4.48. The number of amides is 1. The van der Waals surface area contributed by atoms with Crippen LogP contribution in [0.3, 0.4) is 0 Å². The van der Waals surface area contributed by atoms with E-state index in [1.54, 1.807) is 18.3 Å². The quantitative estimate of drug-likeness (QED) is 0.728.